The zero-order valence-electron chi connectivity index (χ0n) is 13.6. The van der Waals surface area contributed by atoms with Gasteiger partial charge in [-0.25, -0.2) is 4.98 Å². The molecule has 1 fully saturated rings. The SMILES string of the molecule is CC(=O)Nc1ccc(N2CCN(c3cccc(C)c3)CC2)cn1. The summed E-state index contributed by atoms with van der Waals surface area (Å²) < 4.78 is 0. The topological polar surface area (TPSA) is 48.5 Å². The Hall–Kier alpha value is -2.56. The highest BCUT2D eigenvalue weighted by molar-refractivity contribution is 5.87. The second-order valence-corrected chi connectivity index (χ2v) is 5.90. The van der Waals surface area contributed by atoms with Gasteiger partial charge in [0.1, 0.15) is 5.82 Å². The largest absolute Gasteiger partial charge is 0.368 e. The van der Waals surface area contributed by atoms with Crippen LogP contribution >= 0.6 is 0 Å². The second kappa shape index (κ2) is 6.69. The van der Waals surface area contributed by atoms with E-state index in [4.69, 9.17) is 0 Å². The lowest BCUT2D eigenvalue weighted by Crippen LogP contribution is -2.46. The summed E-state index contributed by atoms with van der Waals surface area (Å²) in [6, 6.07) is 12.5. The molecule has 1 amide bonds. The van der Waals surface area contributed by atoms with Crippen molar-refractivity contribution in [2.75, 3.05) is 41.3 Å². The summed E-state index contributed by atoms with van der Waals surface area (Å²) in [5.41, 5.74) is 3.69. The molecule has 1 aromatic carbocycles. The van der Waals surface area contributed by atoms with Gasteiger partial charge in [-0.05, 0) is 36.8 Å². The number of hydrogen-bond acceptors (Lipinski definition) is 4. The fourth-order valence-corrected chi connectivity index (χ4v) is 2.87. The molecule has 0 bridgehead atoms. The van der Waals surface area contributed by atoms with Crippen LogP contribution in [0.1, 0.15) is 12.5 Å². The summed E-state index contributed by atoms with van der Waals surface area (Å²) in [7, 11) is 0. The molecule has 0 saturated carbocycles. The Bertz CT molecular complexity index is 676. The molecule has 0 spiro atoms. The number of rotatable bonds is 3. The second-order valence-electron chi connectivity index (χ2n) is 5.90. The fourth-order valence-electron chi connectivity index (χ4n) is 2.87. The summed E-state index contributed by atoms with van der Waals surface area (Å²) in [5.74, 6) is 0.497. The molecule has 1 aliphatic rings. The molecule has 1 aromatic heterocycles. The Morgan fingerprint density at radius 3 is 2.30 bits per heavy atom. The number of pyridine rings is 1. The number of anilines is 3. The van der Waals surface area contributed by atoms with Gasteiger partial charge in [0.25, 0.3) is 0 Å². The third kappa shape index (κ3) is 3.80. The lowest BCUT2D eigenvalue weighted by molar-refractivity contribution is -0.114. The van der Waals surface area contributed by atoms with Crippen molar-refractivity contribution in [1.82, 2.24) is 4.98 Å². The number of nitrogens with zero attached hydrogens (tertiary/aromatic N) is 3. The third-order valence-corrected chi connectivity index (χ3v) is 4.06. The first-order chi connectivity index (χ1) is 11.1. The van der Waals surface area contributed by atoms with E-state index in [1.54, 1.807) is 0 Å². The smallest absolute Gasteiger partial charge is 0.222 e. The maximum Gasteiger partial charge on any atom is 0.222 e. The highest BCUT2D eigenvalue weighted by Gasteiger charge is 2.17. The van der Waals surface area contributed by atoms with Crippen molar-refractivity contribution >= 4 is 23.1 Å². The van der Waals surface area contributed by atoms with Gasteiger partial charge in [0, 0.05) is 38.8 Å². The molecule has 2 heterocycles. The monoisotopic (exact) mass is 310 g/mol. The van der Waals surface area contributed by atoms with Crippen LogP contribution in [0.3, 0.4) is 0 Å². The number of carbonyl (C=O) groups excluding carboxylic acids is 1. The predicted molar refractivity (Wildman–Crippen MR) is 94.1 cm³/mol. The van der Waals surface area contributed by atoms with E-state index in [0.29, 0.717) is 5.82 Å². The normalized spacial score (nSPS) is 14.7. The highest BCUT2D eigenvalue weighted by Crippen LogP contribution is 2.21. The molecule has 1 saturated heterocycles. The summed E-state index contributed by atoms with van der Waals surface area (Å²) in [6.07, 6.45) is 1.83. The molecular formula is C18H22N4O. The van der Waals surface area contributed by atoms with Crippen LogP contribution < -0.4 is 15.1 Å². The summed E-state index contributed by atoms with van der Waals surface area (Å²) in [6.45, 7) is 7.54. The summed E-state index contributed by atoms with van der Waals surface area (Å²) in [4.78, 5) is 20.1. The van der Waals surface area contributed by atoms with E-state index < -0.39 is 0 Å². The van der Waals surface area contributed by atoms with E-state index in [1.807, 2.05) is 18.3 Å². The maximum absolute atomic E-state index is 11.0. The number of nitrogens with one attached hydrogen (secondary N) is 1. The van der Waals surface area contributed by atoms with Crippen LogP contribution in [0.5, 0.6) is 0 Å². The number of hydrogen-bond donors (Lipinski definition) is 1. The van der Waals surface area contributed by atoms with Crippen LogP contribution in [0.2, 0.25) is 0 Å². The average molecular weight is 310 g/mol. The molecule has 3 rings (SSSR count). The lowest BCUT2D eigenvalue weighted by Gasteiger charge is -2.37. The molecule has 0 atom stereocenters. The van der Waals surface area contributed by atoms with Crippen molar-refractivity contribution in [2.24, 2.45) is 0 Å². The first-order valence-electron chi connectivity index (χ1n) is 7.92. The third-order valence-electron chi connectivity index (χ3n) is 4.06. The van der Waals surface area contributed by atoms with E-state index in [1.165, 1.54) is 18.2 Å². The van der Waals surface area contributed by atoms with Gasteiger partial charge < -0.3 is 15.1 Å². The van der Waals surface area contributed by atoms with E-state index >= 15 is 0 Å². The van der Waals surface area contributed by atoms with Crippen LogP contribution in [0.25, 0.3) is 0 Å². The molecule has 0 aliphatic carbocycles. The fraction of sp³-hybridized carbons (Fsp3) is 0.333. The number of piperazine rings is 1. The zero-order valence-corrected chi connectivity index (χ0v) is 13.6. The van der Waals surface area contributed by atoms with Gasteiger partial charge in [0.15, 0.2) is 0 Å². The number of aromatic nitrogens is 1. The van der Waals surface area contributed by atoms with Crippen LogP contribution in [-0.2, 0) is 4.79 Å². The zero-order chi connectivity index (χ0) is 16.2. The van der Waals surface area contributed by atoms with Crippen LogP contribution in [0.15, 0.2) is 42.6 Å². The molecule has 0 unspecified atom stereocenters. The summed E-state index contributed by atoms with van der Waals surface area (Å²) in [5, 5.41) is 2.69. The molecular weight excluding hydrogens is 288 g/mol. The minimum absolute atomic E-state index is 0.1000. The maximum atomic E-state index is 11.0. The van der Waals surface area contributed by atoms with Crippen molar-refractivity contribution in [2.45, 2.75) is 13.8 Å². The molecule has 1 aliphatic heterocycles. The first kappa shape index (κ1) is 15.3. The van der Waals surface area contributed by atoms with Crippen molar-refractivity contribution in [1.29, 1.82) is 0 Å². The lowest BCUT2D eigenvalue weighted by atomic mass is 10.2. The van der Waals surface area contributed by atoms with Gasteiger partial charge in [-0.3, -0.25) is 4.79 Å². The predicted octanol–water partition coefficient (Wildman–Crippen LogP) is 2.68. The van der Waals surface area contributed by atoms with Gasteiger partial charge in [-0.15, -0.1) is 0 Å². The van der Waals surface area contributed by atoms with E-state index in [2.05, 4.69) is 51.3 Å². The van der Waals surface area contributed by atoms with Crippen molar-refractivity contribution in [3.8, 4) is 0 Å². The molecule has 5 heteroatoms. The Morgan fingerprint density at radius 1 is 1.04 bits per heavy atom. The average Bonchev–Trinajstić information content (AvgIpc) is 2.55. The molecule has 0 radical (unpaired) electrons. The van der Waals surface area contributed by atoms with Crippen molar-refractivity contribution in [3.05, 3.63) is 48.2 Å². The summed E-state index contributed by atoms with van der Waals surface area (Å²) >= 11 is 0. The Labute approximate surface area is 136 Å². The van der Waals surface area contributed by atoms with E-state index in [0.717, 1.165) is 31.9 Å². The van der Waals surface area contributed by atoms with E-state index in [-0.39, 0.29) is 5.91 Å². The van der Waals surface area contributed by atoms with Gasteiger partial charge >= 0.3 is 0 Å². The number of amides is 1. The minimum Gasteiger partial charge on any atom is -0.368 e. The highest BCUT2D eigenvalue weighted by atomic mass is 16.1. The molecule has 5 nitrogen and oxygen atoms in total. The number of carbonyl (C=O) groups is 1. The quantitative estimate of drug-likeness (QED) is 0.947. The van der Waals surface area contributed by atoms with Gasteiger partial charge in [-0.1, -0.05) is 12.1 Å². The van der Waals surface area contributed by atoms with Crippen LogP contribution in [-0.4, -0.2) is 37.1 Å². The molecule has 2 aromatic rings. The van der Waals surface area contributed by atoms with E-state index in [9.17, 15) is 4.79 Å². The standard InChI is InChI=1S/C18H22N4O/c1-14-4-3-5-16(12-14)21-8-10-22(11-9-21)17-6-7-18(19-13-17)20-15(2)23/h3-7,12-13H,8-11H2,1-2H3,(H,19,20,23). The Balaban J connectivity index is 1.61. The Morgan fingerprint density at radius 2 is 1.74 bits per heavy atom. The number of benzene rings is 1. The molecule has 23 heavy (non-hydrogen) atoms. The van der Waals surface area contributed by atoms with Crippen molar-refractivity contribution in [3.63, 3.8) is 0 Å². The van der Waals surface area contributed by atoms with Gasteiger partial charge in [0.2, 0.25) is 5.91 Å². The Kier molecular flexibility index (Phi) is 4.46. The molecule has 1 N–H and O–H groups in total. The minimum atomic E-state index is -0.1000. The van der Waals surface area contributed by atoms with Gasteiger partial charge in [0.05, 0.1) is 11.9 Å². The first-order valence-corrected chi connectivity index (χ1v) is 7.92. The van der Waals surface area contributed by atoms with Crippen LogP contribution in [0.4, 0.5) is 17.2 Å². The number of aryl methyl sites for hydroxylation is 1. The van der Waals surface area contributed by atoms with Crippen LogP contribution in [0, 0.1) is 6.92 Å². The van der Waals surface area contributed by atoms with Crippen molar-refractivity contribution < 1.29 is 4.79 Å². The molecule has 120 valence electrons. The van der Waals surface area contributed by atoms with Gasteiger partial charge in [-0.2, -0.15) is 0 Å².